The minimum atomic E-state index is -0.497. The molecule has 0 aliphatic rings. The molecule has 1 rings (SSSR count). The first kappa shape index (κ1) is 12.4. The molecule has 0 spiro atoms. The molecule has 0 amide bonds. The third kappa shape index (κ3) is 3.48. The van der Waals surface area contributed by atoms with Gasteiger partial charge in [0.25, 0.3) is 5.69 Å². The van der Waals surface area contributed by atoms with Crippen LogP contribution >= 0.6 is 15.9 Å². The molecule has 82 valence electrons. The van der Waals surface area contributed by atoms with Crippen molar-refractivity contribution in [3.8, 4) is 6.07 Å². The standard InChI is InChI=1S/C11H9BrN2O2/c12-4-2-1-3-9-5-10(8-13)7-11(6-9)14(15)16/h1,3,5-7H,2,4H2. The Morgan fingerprint density at radius 2 is 2.25 bits per heavy atom. The first-order chi connectivity index (χ1) is 7.67. The third-order valence-electron chi connectivity index (χ3n) is 1.87. The summed E-state index contributed by atoms with van der Waals surface area (Å²) in [7, 11) is 0. The average molecular weight is 281 g/mol. The lowest BCUT2D eigenvalue weighted by molar-refractivity contribution is -0.384. The maximum Gasteiger partial charge on any atom is 0.271 e. The summed E-state index contributed by atoms with van der Waals surface area (Å²) in [5, 5.41) is 20.2. The largest absolute Gasteiger partial charge is 0.271 e. The molecule has 5 heteroatoms. The summed E-state index contributed by atoms with van der Waals surface area (Å²) in [5.41, 5.74) is 0.914. The second-order valence-corrected chi connectivity index (χ2v) is 3.86. The van der Waals surface area contributed by atoms with Crippen LogP contribution in [0.15, 0.2) is 24.3 Å². The van der Waals surface area contributed by atoms with Crippen LogP contribution in [0.2, 0.25) is 0 Å². The number of benzene rings is 1. The van der Waals surface area contributed by atoms with E-state index >= 15 is 0 Å². The van der Waals surface area contributed by atoms with Gasteiger partial charge >= 0.3 is 0 Å². The van der Waals surface area contributed by atoms with Crippen molar-refractivity contribution in [3.63, 3.8) is 0 Å². The minimum Gasteiger partial charge on any atom is -0.258 e. The predicted molar refractivity (Wildman–Crippen MR) is 65.3 cm³/mol. The van der Waals surface area contributed by atoms with Gasteiger partial charge in [-0.15, -0.1) is 0 Å². The van der Waals surface area contributed by atoms with Crippen LogP contribution in [0.4, 0.5) is 5.69 Å². The van der Waals surface area contributed by atoms with E-state index in [-0.39, 0.29) is 5.69 Å². The summed E-state index contributed by atoms with van der Waals surface area (Å²) in [6, 6.07) is 6.24. The smallest absolute Gasteiger partial charge is 0.258 e. The van der Waals surface area contributed by atoms with Gasteiger partial charge in [0.1, 0.15) is 0 Å². The molecule has 0 fully saturated rings. The van der Waals surface area contributed by atoms with Crippen LogP contribution in [0.3, 0.4) is 0 Å². The lowest BCUT2D eigenvalue weighted by Gasteiger charge is -1.96. The molecule has 0 N–H and O–H groups in total. The van der Waals surface area contributed by atoms with Crippen LogP contribution in [0, 0.1) is 21.4 Å². The van der Waals surface area contributed by atoms with E-state index in [0.29, 0.717) is 11.1 Å². The quantitative estimate of drug-likeness (QED) is 0.483. The number of nitriles is 1. The van der Waals surface area contributed by atoms with Gasteiger partial charge in [-0.2, -0.15) is 5.26 Å². The molecular formula is C11H9BrN2O2. The minimum absolute atomic E-state index is 0.0578. The van der Waals surface area contributed by atoms with E-state index in [1.807, 2.05) is 12.1 Å². The van der Waals surface area contributed by atoms with E-state index < -0.39 is 4.92 Å². The Hall–Kier alpha value is -1.67. The van der Waals surface area contributed by atoms with Crippen LogP contribution in [0.1, 0.15) is 17.5 Å². The van der Waals surface area contributed by atoms with Gasteiger partial charge in [-0.1, -0.05) is 28.1 Å². The molecule has 0 aliphatic heterocycles. The Morgan fingerprint density at radius 3 is 2.81 bits per heavy atom. The number of hydrogen-bond donors (Lipinski definition) is 0. The van der Waals surface area contributed by atoms with Gasteiger partial charge in [-0.3, -0.25) is 10.1 Å². The van der Waals surface area contributed by atoms with Crippen molar-refractivity contribution in [2.75, 3.05) is 5.33 Å². The number of alkyl halides is 1. The number of allylic oxidation sites excluding steroid dienone is 1. The predicted octanol–water partition coefficient (Wildman–Crippen LogP) is 3.26. The number of nitro benzene ring substituents is 1. The Morgan fingerprint density at radius 1 is 1.50 bits per heavy atom. The van der Waals surface area contributed by atoms with Crippen molar-refractivity contribution in [3.05, 3.63) is 45.5 Å². The van der Waals surface area contributed by atoms with Crippen LogP contribution < -0.4 is 0 Å². The van der Waals surface area contributed by atoms with Crippen molar-refractivity contribution >= 4 is 27.7 Å². The lowest BCUT2D eigenvalue weighted by atomic mass is 10.1. The highest BCUT2D eigenvalue weighted by molar-refractivity contribution is 9.09. The number of rotatable bonds is 4. The van der Waals surface area contributed by atoms with Crippen LogP contribution in [-0.4, -0.2) is 10.3 Å². The normalized spacial score (nSPS) is 10.2. The van der Waals surface area contributed by atoms with Crippen LogP contribution in [0.5, 0.6) is 0 Å². The Kier molecular flexibility index (Phi) is 4.67. The van der Waals surface area contributed by atoms with E-state index in [1.54, 1.807) is 12.1 Å². The summed E-state index contributed by atoms with van der Waals surface area (Å²) in [6.45, 7) is 0. The van der Waals surface area contributed by atoms with Gasteiger partial charge in [0.15, 0.2) is 0 Å². The summed E-state index contributed by atoms with van der Waals surface area (Å²) < 4.78 is 0. The Balaban J connectivity index is 3.05. The number of nitro groups is 1. The van der Waals surface area contributed by atoms with Gasteiger partial charge in [0.2, 0.25) is 0 Å². The molecule has 1 aromatic rings. The molecule has 0 bridgehead atoms. The summed E-state index contributed by atoms with van der Waals surface area (Å²) in [5.74, 6) is 0. The molecule has 1 aromatic carbocycles. The van der Waals surface area contributed by atoms with Crippen molar-refractivity contribution < 1.29 is 4.92 Å². The van der Waals surface area contributed by atoms with Crippen molar-refractivity contribution in [1.82, 2.24) is 0 Å². The van der Waals surface area contributed by atoms with Crippen LogP contribution in [0.25, 0.3) is 6.08 Å². The fourth-order valence-corrected chi connectivity index (χ4v) is 1.45. The van der Waals surface area contributed by atoms with Gasteiger partial charge in [-0.05, 0) is 18.1 Å². The molecule has 0 aromatic heterocycles. The zero-order valence-corrected chi connectivity index (χ0v) is 9.98. The molecule has 0 saturated heterocycles. The second-order valence-electron chi connectivity index (χ2n) is 3.06. The molecule has 0 radical (unpaired) electrons. The lowest BCUT2D eigenvalue weighted by Crippen LogP contribution is -1.90. The fourth-order valence-electron chi connectivity index (χ4n) is 1.18. The SMILES string of the molecule is N#Cc1cc(C=CCCBr)cc([N+](=O)[O-])c1. The summed E-state index contributed by atoms with van der Waals surface area (Å²) in [4.78, 5) is 10.1. The third-order valence-corrected chi connectivity index (χ3v) is 2.32. The zero-order chi connectivity index (χ0) is 12.0. The fraction of sp³-hybridized carbons (Fsp3) is 0.182. The van der Waals surface area contributed by atoms with E-state index in [9.17, 15) is 10.1 Å². The molecular weight excluding hydrogens is 272 g/mol. The first-order valence-corrected chi connectivity index (χ1v) is 5.71. The molecule has 0 heterocycles. The second kappa shape index (κ2) is 6.03. The van der Waals surface area contributed by atoms with E-state index in [0.717, 1.165) is 11.8 Å². The van der Waals surface area contributed by atoms with Gasteiger partial charge in [0, 0.05) is 17.5 Å². The molecule has 16 heavy (non-hydrogen) atoms. The monoisotopic (exact) mass is 280 g/mol. The van der Waals surface area contributed by atoms with E-state index in [1.165, 1.54) is 12.1 Å². The highest BCUT2D eigenvalue weighted by Gasteiger charge is 2.07. The van der Waals surface area contributed by atoms with Gasteiger partial charge in [0.05, 0.1) is 16.6 Å². The number of non-ortho nitro benzene ring substituents is 1. The average Bonchev–Trinajstić information content (AvgIpc) is 2.29. The highest BCUT2D eigenvalue weighted by atomic mass is 79.9. The maximum absolute atomic E-state index is 10.6. The Bertz CT molecular complexity index is 464. The van der Waals surface area contributed by atoms with Crippen molar-refractivity contribution in [2.45, 2.75) is 6.42 Å². The number of nitrogens with zero attached hydrogens (tertiary/aromatic N) is 2. The van der Waals surface area contributed by atoms with Gasteiger partial charge in [-0.25, -0.2) is 0 Å². The zero-order valence-electron chi connectivity index (χ0n) is 8.39. The molecule has 0 atom stereocenters. The molecule has 0 saturated carbocycles. The topological polar surface area (TPSA) is 66.9 Å². The van der Waals surface area contributed by atoms with Crippen molar-refractivity contribution in [1.29, 1.82) is 5.26 Å². The highest BCUT2D eigenvalue weighted by Crippen LogP contribution is 2.18. The Labute approximate surface area is 101 Å². The molecule has 4 nitrogen and oxygen atoms in total. The summed E-state index contributed by atoms with van der Waals surface area (Å²) in [6.07, 6.45) is 4.51. The number of hydrogen-bond acceptors (Lipinski definition) is 3. The van der Waals surface area contributed by atoms with Crippen molar-refractivity contribution in [2.24, 2.45) is 0 Å². The number of halogens is 1. The maximum atomic E-state index is 10.6. The first-order valence-electron chi connectivity index (χ1n) is 4.59. The van der Waals surface area contributed by atoms with E-state index in [4.69, 9.17) is 5.26 Å². The molecule has 0 unspecified atom stereocenters. The summed E-state index contributed by atoms with van der Waals surface area (Å²) >= 11 is 3.28. The van der Waals surface area contributed by atoms with Gasteiger partial charge < -0.3 is 0 Å². The molecule has 0 aliphatic carbocycles. The van der Waals surface area contributed by atoms with Crippen LogP contribution in [-0.2, 0) is 0 Å². The van der Waals surface area contributed by atoms with E-state index in [2.05, 4.69) is 15.9 Å².